The van der Waals surface area contributed by atoms with Crippen molar-refractivity contribution in [1.29, 1.82) is 0 Å². The van der Waals surface area contributed by atoms with E-state index >= 15 is 0 Å². The fraction of sp³-hybridized carbons (Fsp3) is 0.0625. The number of carbonyl (C=O) groups is 1. The summed E-state index contributed by atoms with van der Waals surface area (Å²) in [7, 11) is 1.47. The number of para-hydroxylation sites is 2. The molecule has 0 aliphatic heterocycles. The van der Waals surface area contributed by atoms with Crippen LogP contribution in [0.15, 0.2) is 54.6 Å². The summed E-state index contributed by atoms with van der Waals surface area (Å²) in [4.78, 5) is 11.8. The molecule has 2 aromatic carbocycles. The molecule has 0 spiro atoms. The van der Waals surface area contributed by atoms with Crippen molar-refractivity contribution in [2.45, 2.75) is 0 Å². The van der Waals surface area contributed by atoms with Gasteiger partial charge in [-0.05, 0) is 24.3 Å². The molecule has 0 aliphatic carbocycles. The highest BCUT2D eigenvalue weighted by Gasteiger charge is 2.05. The summed E-state index contributed by atoms with van der Waals surface area (Å²) < 4.78 is 5.09. The fourth-order valence-electron chi connectivity index (χ4n) is 1.77. The molecule has 20 heavy (non-hydrogen) atoms. The molecule has 0 fully saturated rings. The third-order valence-corrected chi connectivity index (χ3v) is 2.68. The first-order chi connectivity index (χ1) is 9.70. The van der Waals surface area contributed by atoms with E-state index in [1.54, 1.807) is 30.3 Å². The topological polar surface area (TPSA) is 58.6 Å². The molecule has 102 valence electrons. The summed E-state index contributed by atoms with van der Waals surface area (Å²) in [5, 5.41) is 12.4. The minimum absolute atomic E-state index is 0.0399. The highest BCUT2D eigenvalue weighted by atomic mass is 16.5. The highest BCUT2D eigenvalue weighted by molar-refractivity contribution is 6.02. The molecule has 2 rings (SSSR count). The third-order valence-electron chi connectivity index (χ3n) is 2.68. The van der Waals surface area contributed by atoms with Crippen LogP contribution >= 0.6 is 0 Å². The lowest BCUT2D eigenvalue weighted by atomic mass is 10.1. The van der Waals surface area contributed by atoms with Crippen LogP contribution in [0, 0.1) is 0 Å². The smallest absolute Gasteiger partial charge is 0.248 e. The second kappa shape index (κ2) is 6.43. The zero-order chi connectivity index (χ0) is 14.4. The van der Waals surface area contributed by atoms with Gasteiger partial charge in [-0.2, -0.15) is 0 Å². The van der Waals surface area contributed by atoms with Gasteiger partial charge in [-0.3, -0.25) is 4.79 Å². The molecule has 0 unspecified atom stereocenters. The van der Waals surface area contributed by atoms with E-state index in [9.17, 15) is 9.90 Å². The third kappa shape index (κ3) is 3.38. The van der Waals surface area contributed by atoms with Gasteiger partial charge in [0.2, 0.25) is 5.91 Å². The standard InChI is InChI=1S/C16H15NO3/c1-20-16-12(6-5-9-14(16)18)10-11-15(19)17-13-7-3-2-4-8-13/h2-11,18H,1H3,(H,17,19). The minimum atomic E-state index is -0.249. The molecular weight excluding hydrogens is 254 g/mol. The Labute approximate surface area is 117 Å². The highest BCUT2D eigenvalue weighted by Crippen LogP contribution is 2.30. The summed E-state index contributed by atoms with van der Waals surface area (Å²) in [5.74, 6) is 0.135. The quantitative estimate of drug-likeness (QED) is 0.839. The van der Waals surface area contributed by atoms with Crippen LogP contribution < -0.4 is 10.1 Å². The zero-order valence-corrected chi connectivity index (χ0v) is 11.0. The minimum Gasteiger partial charge on any atom is -0.504 e. The van der Waals surface area contributed by atoms with Crippen molar-refractivity contribution >= 4 is 17.7 Å². The predicted octanol–water partition coefficient (Wildman–Crippen LogP) is 3.05. The maximum absolute atomic E-state index is 11.8. The number of nitrogens with one attached hydrogen (secondary N) is 1. The van der Waals surface area contributed by atoms with E-state index in [1.165, 1.54) is 19.3 Å². The van der Waals surface area contributed by atoms with Crippen LogP contribution in [0.2, 0.25) is 0 Å². The molecule has 0 saturated carbocycles. The van der Waals surface area contributed by atoms with Crippen LogP contribution in [-0.2, 0) is 4.79 Å². The molecule has 2 N–H and O–H groups in total. The van der Waals surface area contributed by atoms with E-state index in [4.69, 9.17) is 4.74 Å². The second-order valence-corrected chi connectivity index (χ2v) is 4.09. The monoisotopic (exact) mass is 269 g/mol. The molecule has 0 saturated heterocycles. The number of rotatable bonds is 4. The largest absolute Gasteiger partial charge is 0.504 e. The van der Waals surface area contributed by atoms with Gasteiger partial charge in [0, 0.05) is 17.3 Å². The summed E-state index contributed by atoms with van der Waals surface area (Å²) in [6.07, 6.45) is 2.99. The molecule has 4 heteroatoms. The molecule has 1 amide bonds. The number of benzene rings is 2. The Morgan fingerprint density at radius 1 is 1.15 bits per heavy atom. The molecule has 0 atom stereocenters. The van der Waals surface area contributed by atoms with E-state index in [-0.39, 0.29) is 11.7 Å². The maximum Gasteiger partial charge on any atom is 0.248 e. The van der Waals surface area contributed by atoms with Crippen LogP contribution in [0.3, 0.4) is 0 Å². The van der Waals surface area contributed by atoms with Gasteiger partial charge >= 0.3 is 0 Å². The van der Waals surface area contributed by atoms with Crippen LogP contribution in [0.1, 0.15) is 5.56 Å². The summed E-state index contributed by atoms with van der Waals surface area (Å²) >= 11 is 0. The Balaban J connectivity index is 2.10. The Morgan fingerprint density at radius 3 is 2.60 bits per heavy atom. The first-order valence-electron chi connectivity index (χ1n) is 6.11. The number of ether oxygens (including phenoxy) is 1. The number of hydrogen-bond donors (Lipinski definition) is 2. The molecule has 0 aliphatic rings. The van der Waals surface area contributed by atoms with Crippen molar-refractivity contribution < 1.29 is 14.6 Å². The number of carbonyl (C=O) groups excluding carboxylic acids is 1. The Hall–Kier alpha value is -2.75. The molecular formula is C16H15NO3. The van der Waals surface area contributed by atoms with Crippen molar-refractivity contribution in [2.24, 2.45) is 0 Å². The van der Waals surface area contributed by atoms with Crippen molar-refractivity contribution in [2.75, 3.05) is 12.4 Å². The lowest BCUT2D eigenvalue weighted by Gasteiger charge is -2.06. The average molecular weight is 269 g/mol. The van der Waals surface area contributed by atoms with Crippen LogP contribution in [0.4, 0.5) is 5.69 Å². The number of hydrogen-bond acceptors (Lipinski definition) is 3. The van der Waals surface area contributed by atoms with E-state index in [0.29, 0.717) is 11.3 Å². The molecule has 0 bridgehead atoms. The number of anilines is 1. The summed E-state index contributed by atoms with van der Waals surface area (Å²) in [6, 6.07) is 14.2. The van der Waals surface area contributed by atoms with Gasteiger partial charge in [-0.1, -0.05) is 30.3 Å². The Morgan fingerprint density at radius 2 is 1.90 bits per heavy atom. The van der Waals surface area contributed by atoms with Gasteiger partial charge in [0.1, 0.15) is 0 Å². The first-order valence-corrected chi connectivity index (χ1v) is 6.11. The number of phenolic OH excluding ortho intramolecular Hbond substituents is 1. The van der Waals surface area contributed by atoms with E-state index in [1.807, 2.05) is 18.2 Å². The van der Waals surface area contributed by atoms with Crippen LogP contribution in [0.5, 0.6) is 11.5 Å². The van der Waals surface area contributed by atoms with E-state index < -0.39 is 0 Å². The summed E-state index contributed by atoms with van der Waals surface area (Å²) in [5.41, 5.74) is 1.36. The maximum atomic E-state index is 11.8. The number of methoxy groups -OCH3 is 1. The summed E-state index contributed by atoms with van der Waals surface area (Å²) in [6.45, 7) is 0. The van der Waals surface area contributed by atoms with Crippen molar-refractivity contribution in [3.63, 3.8) is 0 Å². The Bertz CT molecular complexity index is 621. The fourth-order valence-corrected chi connectivity index (χ4v) is 1.77. The molecule has 2 aromatic rings. The molecule has 0 radical (unpaired) electrons. The van der Waals surface area contributed by atoms with Crippen molar-refractivity contribution in [1.82, 2.24) is 0 Å². The van der Waals surface area contributed by atoms with Gasteiger partial charge in [0.05, 0.1) is 7.11 Å². The first kappa shape index (κ1) is 13.7. The van der Waals surface area contributed by atoms with Gasteiger partial charge in [0.25, 0.3) is 0 Å². The van der Waals surface area contributed by atoms with Gasteiger partial charge < -0.3 is 15.2 Å². The number of aromatic hydroxyl groups is 1. The average Bonchev–Trinajstić information content (AvgIpc) is 2.46. The number of amides is 1. The van der Waals surface area contributed by atoms with Crippen LogP contribution in [-0.4, -0.2) is 18.1 Å². The predicted molar refractivity (Wildman–Crippen MR) is 78.8 cm³/mol. The van der Waals surface area contributed by atoms with E-state index in [0.717, 1.165) is 5.69 Å². The second-order valence-electron chi connectivity index (χ2n) is 4.09. The Kier molecular flexibility index (Phi) is 4.39. The van der Waals surface area contributed by atoms with Crippen molar-refractivity contribution in [3.8, 4) is 11.5 Å². The van der Waals surface area contributed by atoms with Gasteiger partial charge in [-0.25, -0.2) is 0 Å². The number of phenols is 1. The van der Waals surface area contributed by atoms with Gasteiger partial charge in [-0.15, -0.1) is 0 Å². The zero-order valence-electron chi connectivity index (χ0n) is 11.0. The molecule has 0 aromatic heterocycles. The lowest BCUT2D eigenvalue weighted by Crippen LogP contribution is -2.07. The lowest BCUT2D eigenvalue weighted by molar-refractivity contribution is -0.111. The molecule has 4 nitrogen and oxygen atoms in total. The van der Waals surface area contributed by atoms with Crippen LogP contribution in [0.25, 0.3) is 6.08 Å². The normalized spacial score (nSPS) is 10.4. The van der Waals surface area contributed by atoms with E-state index in [2.05, 4.69) is 5.32 Å². The molecule has 0 heterocycles. The van der Waals surface area contributed by atoms with Crippen molar-refractivity contribution in [3.05, 3.63) is 60.2 Å². The SMILES string of the molecule is COc1c(O)cccc1C=CC(=O)Nc1ccccc1. The van der Waals surface area contributed by atoms with Gasteiger partial charge in [0.15, 0.2) is 11.5 Å².